The van der Waals surface area contributed by atoms with Crippen molar-refractivity contribution in [3.05, 3.63) is 59.4 Å². The standard InChI is InChI=1S/C18H12F7NO5/c19-11-3-1-10(2-4-11)16(28)31-26-15(27)13-7-12(29-8-17(20,21)22)5-6-14(13)30-9-18(23,24)25/h1-7H,8-9H2,(H,26,27). The van der Waals surface area contributed by atoms with E-state index in [1.165, 1.54) is 0 Å². The predicted molar refractivity (Wildman–Crippen MR) is 88.8 cm³/mol. The number of amides is 1. The predicted octanol–water partition coefficient (Wildman–Crippen LogP) is 4.21. The van der Waals surface area contributed by atoms with E-state index in [0.717, 1.165) is 36.4 Å². The van der Waals surface area contributed by atoms with Crippen molar-refractivity contribution in [2.75, 3.05) is 13.2 Å². The number of carbonyl (C=O) groups excluding carboxylic acids is 2. The summed E-state index contributed by atoms with van der Waals surface area (Å²) in [5.41, 5.74) is 0.760. The third-order valence-electron chi connectivity index (χ3n) is 3.31. The number of nitrogens with one attached hydrogen (secondary N) is 1. The molecule has 1 amide bonds. The molecule has 2 rings (SSSR count). The molecule has 13 heteroatoms. The molecule has 0 unspecified atom stereocenters. The van der Waals surface area contributed by atoms with Crippen molar-refractivity contribution in [2.24, 2.45) is 0 Å². The molecule has 0 fully saturated rings. The highest BCUT2D eigenvalue weighted by molar-refractivity contribution is 5.98. The fraction of sp³-hybridized carbons (Fsp3) is 0.222. The van der Waals surface area contributed by atoms with Crippen molar-refractivity contribution in [2.45, 2.75) is 12.4 Å². The molecule has 0 aromatic heterocycles. The molecular formula is C18H12F7NO5. The fourth-order valence-corrected chi connectivity index (χ4v) is 2.02. The molecule has 0 saturated heterocycles. The van der Waals surface area contributed by atoms with Gasteiger partial charge in [0.25, 0.3) is 5.91 Å². The molecule has 168 valence electrons. The highest BCUT2D eigenvalue weighted by Gasteiger charge is 2.30. The van der Waals surface area contributed by atoms with Gasteiger partial charge >= 0.3 is 18.3 Å². The maximum atomic E-state index is 12.9. The molecule has 6 nitrogen and oxygen atoms in total. The first-order chi connectivity index (χ1) is 14.3. The number of hydroxylamine groups is 1. The van der Waals surface area contributed by atoms with Gasteiger partial charge in [-0.3, -0.25) is 4.79 Å². The Bertz CT molecular complexity index is 926. The molecule has 2 aromatic rings. The Morgan fingerprint density at radius 1 is 0.839 bits per heavy atom. The fourth-order valence-electron chi connectivity index (χ4n) is 2.02. The number of rotatable bonds is 6. The Morgan fingerprint density at radius 3 is 2.00 bits per heavy atom. The Hall–Kier alpha value is -3.51. The summed E-state index contributed by atoms with van der Waals surface area (Å²) in [5, 5.41) is 0. The summed E-state index contributed by atoms with van der Waals surface area (Å²) in [6.45, 7) is -3.53. The summed E-state index contributed by atoms with van der Waals surface area (Å²) in [5.74, 6) is -4.28. The molecule has 0 atom stereocenters. The van der Waals surface area contributed by atoms with E-state index in [-0.39, 0.29) is 5.56 Å². The lowest BCUT2D eigenvalue weighted by molar-refractivity contribution is -0.154. The SMILES string of the molecule is O=C(ONC(=O)c1cc(OCC(F)(F)F)ccc1OCC(F)(F)F)c1ccc(F)cc1. The van der Waals surface area contributed by atoms with Crippen LogP contribution in [0.4, 0.5) is 30.7 Å². The second kappa shape index (κ2) is 9.53. The summed E-state index contributed by atoms with van der Waals surface area (Å²) in [6, 6.07) is 6.26. The van der Waals surface area contributed by atoms with Crippen molar-refractivity contribution in [1.82, 2.24) is 5.48 Å². The van der Waals surface area contributed by atoms with Gasteiger partial charge in [0.15, 0.2) is 13.2 Å². The highest BCUT2D eigenvalue weighted by atomic mass is 19.4. The number of ether oxygens (including phenoxy) is 2. The first-order valence-electron chi connectivity index (χ1n) is 8.14. The van der Waals surface area contributed by atoms with Gasteiger partial charge < -0.3 is 14.3 Å². The van der Waals surface area contributed by atoms with Crippen LogP contribution < -0.4 is 15.0 Å². The molecule has 0 heterocycles. The summed E-state index contributed by atoms with van der Waals surface area (Å²) in [4.78, 5) is 28.5. The first-order valence-corrected chi connectivity index (χ1v) is 8.14. The maximum absolute atomic E-state index is 12.9. The molecule has 2 aromatic carbocycles. The third kappa shape index (κ3) is 8.03. The summed E-state index contributed by atoms with van der Waals surface area (Å²) < 4.78 is 95.9. The van der Waals surface area contributed by atoms with Crippen LogP contribution in [-0.2, 0) is 4.84 Å². The number of halogens is 7. The zero-order chi connectivity index (χ0) is 23.2. The second-order valence-electron chi connectivity index (χ2n) is 5.79. The lowest BCUT2D eigenvalue weighted by atomic mass is 10.2. The summed E-state index contributed by atoms with van der Waals surface area (Å²) in [7, 11) is 0. The van der Waals surface area contributed by atoms with Crippen LogP contribution in [0.3, 0.4) is 0 Å². The Balaban J connectivity index is 2.16. The minimum absolute atomic E-state index is 0.169. The Labute approximate surface area is 169 Å². The van der Waals surface area contributed by atoms with Gasteiger partial charge in [-0.1, -0.05) is 0 Å². The van der Waals surface area contributed by atoms with E-state index in [9.17, 15) is 40.3 Å². The number of hydrogen-bond acceptors (Lipinski definition) is 5. The van der Waals surface area contributed by atoms with Gasteiger partial charge in [-0.15, -0.1) is 0 Å². The van der Waals surface area contributed by atoms with Crippen LogP contribution >= 0.6 is 0 Å². The zero-order valence-corrected chi connectivity index (χ0v) is 15.1. The van der Waals surface area contributed by atoms with Crippen molar-refractivity contribution in [3.63, 3.8) is 0 Å². The average Bonchev–Trinajstić information content (AvgIpc) is 2.68. The maximum Gasteiger partial charge on any atom is 0.422 e. The van der Waals surface area contributed by atoms with E-state index in [1.807, 2.05) is 0 Å². The number of alkyl halides is 6. The van der Waals surface area contributed by atoms with Crippen molar-refractivity contribution < 1.29 is 54.6 Å². The summed E-state index contributed by atoms with van der Waals surface area (Å²) >= 11 is 0. The zero-order valence-electron chi connectivity index (χ0n) is 15.1. The normalized spacial score (nSPS) is 11.6. The number of hydrogen-bond donors (Lipinski definition) is 1. The molecule has 1 N–H and O–H groups in total. The van der Waals surface area contributed by atoms with Gasteiger partial charge in [0.1, 0.15) is 17.3 Å². The van der Waals surface area contributed by atoms with Gasteiger partial charge in [0, 0.05) is 0 Å². The average molecular weight is 455 g/mol. The molecule has 31 heavy (non-hydrogen) atoms. The molecule has 0 aliphatic carbocycles. The minimum Gasteiger partial charge on any atom is -0.484 e. The Kier molecular flexibility index (Phi) is 7.31. The molecule has 0 aliphatic heterocycles. The van der Waals surface area contributed by atoms with Crippen LogP contribution in [-0.4, -0.2) is 37.4 Å². The van der Waals surface area contributed by atoms with Gasteiger partial charge in [0.2, 0.25) is 0 Å². The van der Waals surface area contributed by atoms with E-state index in [4.69, 9.17) is 0 Å². The van der Waals surface area contributed by atoms with E-state index in [2.05, 4.69) is 14.3 Å². The molecule has 0 spiro atoms. The van der Waals surface area contributed by atoms with E-state index < -0.39 is 60.3 Å². The monoisotopic (exact) mass is 455 g/mol. The van der Waals surface area contributed by atoms with Crippen LogP contribution in [0.15, 0.2) is 42.5 Å². The van der Waals surface area contributed by atoms with Crippen LogP contribution in [0.1, 0.15) is 20.7 Å². The smallest absolute Gasteiger partial charge is 0.422 e. The van der Waals surface area contributed by atoms with Gasteiger partial charge in [-0.2, -0.15) is 31.8 Å². The second-order valence-corrected chi connectivity index (χ2v) is 5.79. The molecule has 0 bridgehead atoms. The molecular weight excluding hydrogens is 443 g/mol. The summed E-state index contributed by atoms with van der Waals surface area (Å²) in [6.07, 6.45) is -9.48. The molecule has 0 radical (unpaired) electrons. The minimum atomic E-state index is -4.77. The highest BCUT2D eigenvalue weighted by Crippen LogP contribution is 2.28. The first kappa shape index (κ1) is 23.8. The van der Waals surface area contributed by atoms with Gasteiger partial charge in [-0.05, 0) is 42.5 Å². The quantitative estimate of drug-likeness (QED) is 0.522. The van der Waals surface area contributed by atoms with Crippen LogP contribution in [0, 0.1) is 5.82 Å². The van der Waals surface area contributed by atoms with Crippen LogP contribution in [0.25, 0.3) is 0 Å². The van der Waals surface area contributed by atoms with Crippen LogP contribution in [0.5, 0.6) is 11.5 Å². The van der Waals surface area contributed by atoms with E-state index in [0.29, 0.717) is 6.07 Å². The van der Waals surface area contributed by atoms with Crippen molar-refractivity contribution in [1.29, 1.82) is 0 Å². The molecule has 0 aliphatic rings. The number of carbonyl (C=O) groups is 2. The largest absolute Gasteiger partial charge is 0.484 e. The number of benzene rings is 2. The molecule has 0 saturated carbocycles. The Morgan fingerprint density at radius 2 is 1.42 bits per heavy atom. The third-order valence-corrected chi connectivity index (χ3v) is 3.31. The lowest BCUT2D eigenvalue weighted by Crippen LogP contribution is -2.28. The van der Waals surface area contributed by atoms with E-state index >= 15 is 0 Å². The van der Waals surface area contributed by atoms with Crippen molar-refractivity contribution >= 4 is 11.9 Å². The van der Waals surface area contributed by atoms with Crippen LogP contribution in [0.2, 0.25) is 0 Å². The van der Waals surface area contributed by atoms with Gasteiger partial charge in [0.05, 0.1) is 11.1 Å². The van der Waals surface area contributed by atoms with Crippen molar-refractivity contribution in [3.8, 4) is 11.5 Å². The van der Waals surface area contributed by atoms with E-state index in [1.54, 1.807) is 5.48 Å². The topological polar surface area (TPSA) is 73.9 Å². The lowest BCUT2D eigenvalue weighted by Gasteiger charge is -2.15. The van der Waals surface area contributed by atoms with Gasteiger partial charge in [-0.25, -0.2) is 9.18 Å².